The number of aliphatic hydroxyl groups excluding tert-OH is 2. The second-order valence-corrected chi connectivity index (χ2v) is 20.4. The van der Waals surface area contributed by atoms with Crippen molar-refractivity contribution in [2.45, 2.75) is 109 Å². The van der Waals surface area contributed by atoms with Crippen LogP contribution in [0.25, 0.3) is 0 Å². The lowest BCUT2D eigenvalue weighted by atomic mass is 10.0. The summed E-state index contributed by atoms with van der Waals surface area (Å²) in [5.74, 6) is 0. The molecule has 26 heavy (non-hydrogen) atoms. The first-order valence-corrected chi connectivity index (χ1v) is 15.7. The van der Waals surface area contributed by atoms with E-state index in [1.807, 2.05) is 0 Å². The molecule has 0 radical (unpaired) electrons. The molecule has 1 heterocycles. The molecule has 0 aromatic carbocycles. The lowest BCUT2D eigenvalue weighted by Crippen LogP contribution is -2.52. The molecule has 1 aliphatic heterocycles. The van der Waals surface area contributed by atoms with Crippen LogP contribution < -0.4 is 5.32 Å². The van der Waals surface area contributed by atoms with Crippen molar-refractivity contribution in [1.29, 1.82) is 0 Å². The van der Waals surface area contributed by atoms with Crippen LogP contribution in [0.3, 0.4) is 0 Å². The zero-order valence-corrected chi connectivity index (χ0v) is 20.6. The van der Waals surface area contributed by atoms with Crippen molar-refractivity contribution >= 4 is 16.6 Å². The molecule has 0 amide bonds. The van der Waals surface area contributed by atoms with Gasteiger partial charge in [0.05, 0.1) is 24.9 Å². The Balaban J connectivity index is 2.72. The van der Waals surface area contributed by atoms with Gasteiger partial charge in [-0.05, 0) is 42.7 Å². The van der Waals surface area contributed by atoms with Crippen molar-refractivity contribution in [3.63, 3.8) is 0 Å². The van der Waals surface area contributed by atoms with E-state index in [4.69, 9.17) is 8.85 Å². The summed E-state index contributed by atoms with van der Waals surface area (Å²) in [4.78, 5) is 0. The lowest BCUT2D eigenvalue weighted by molar-refractivity contribution is -0.0227. The molecule has 1 aliphatic rings. The highest BCUT2D eigenvalue weighted by molar-refractivity contribution is 6.74. The zero-order valence-electron chi connectivity index (χ0n) is 18.6. The minimum absolute atomic E-state index is 0.0389. The maximum atomic E-state index is 10.8. The number of hydrogen-bond acceptors (Lipinski definition) is 5. The third-order valence-electron chi connectivity index (χ3n) is 6.62. The minimum atomic E-state index is -2.05. The summed E-state index contributed by atoms with van der Waals surface area (Å²) in [7, 11) is -3.88. The molecule has 0 bridgehead atoms. The third-order valence-corrected chi connectivity index (χ3v) is 15.7. The quantitative estimate of drug-likeness (QED) is 0.566. The normalized spacial score (nSPS) is 25.4. The maximum absolute atomic E-state index is 10.8. The Kier molecular flexibility index (Phi) is 7.76. The highest BCUT2D eigenvalue weighted by Crippen LogP contribution is 2.39. The standard InChI is InChI=1S/C19H43NO4Si2/c1-18(2,3)25(7,8)23-14-11-15(20-12-14)17(22)16(13-21)24-26(9,10)19(4,5)6/h14-17,20-22H,11-13H2,1-10H3/t14-,15+,16-,17+/m1/s1. The van der Waals surface area contributed by atoms with Crippen LogP contribution in [0.1, 0.15) is 48.0 Å². The molecule has 0 unspecified atom stereocenters. The number of nitrogens with one attached hydrogen (secondary N) is 1. The van der Waals surface area contributed by atoms with Gasteiger partial charge in [-0.3, -0.25) is 0 Å². The van der Waals surface area contributed by atoms with Crippen molar-refractivity contribution < 1.29 is 19.1 Å². The van der Waals surface area contributed by atoms with Crippen molar-refractivity contribution in [3.05, 3.63) is 0 Å². The molecule has 0 saturated carbocycles. The van der Waals surface area contributed by atoms with E-state index >= 15 is 0 Å². The van der Waals surface area contributed by atoms with Gasteiger partial charge in [-0.1, -0.05) is 41.5 Å². The smallest absolute Gasteiger partial charge is 0.192 e. The van der Waals surface area contributed by atoms with Crippen LogP contribution >= 0.6 is 0 Å². The Hall–Kier alpha value is 0.234. The number of rotatable bonds is 7. The molecule has 1 saturated heterocycles. The van der Waals surface area contributed by atoms with Gasteiger partial charge < -0.3 is 24.4 Å². The molecule has 0 aromatic rings. The fourth-order valence-electron chi connectivity index (χ4n) is 2.71. The molecule has 0 spiro atoms. The van der Waals surface area contributed by atoms with Gasteiger partial charge in [0.1, 0.15) is 0 Å². The molecule has 5 nitrogen and oxygen atoms in total. The predicted octanol–water partition coefficient (Wildman–Crippen LogP) is 3.48. The molecule has 7 heteroatoms. The van der Waals surface area contributed by atoms with Gasteiger partial charge >= 0.3 is 0 Å². The summed E-state index contributed by atoms with van der Waals surface area (Å²) in [6.07, 6.45) is -0.421. The summed E-state index contributed by atoms with van der Waals surface area (Å²) in [6, 6.07) is -0.105. The van der Waals surface area contributed by atoms with Crippen LogP contribution in [0.5, 0.6) is 0 Å². The fraction of sp³-hybridized carbons (Fsp3) is 1.00. The molecular weight excluding hydrogens is 362 g/mol. The van der Waals surface area contributed by atoms with Crippen molar-refractivity contribution in [3.8, 4) is 0 Å². The molecule has 1 fully saturated rings. The Morgan fingerprint density at radius 3 is 1.92 bits per heavy atom. The highest BCUT2D eigenvalue weighted by Gasteiger charge is 2.45. The molecule has 4 atom stereocenters. The summed E-state index contributed by atoms with van der Waals surface area (Å²) < 4.78 is 12.8. The van der Waals surface area contributed by atoms with Crippen LogP contribution in [-0.2, 0) is 8.85 Å². The Bertz CT molecular complexity index is 457. The second-order valence-electron chi connectivity index (χ2n) is 10.8. The zero-order chi connectivity index (χ0) is 20.6. The van der Waals surface area contributed by atoms with Crippen LogP contribution in [-0.4, -0.2) is 64.4 Å². The van der Waals surface area contributed by atoms with Gasteiger partial charge in [-0.2, -0.15) is 0 Å². The van der Waals surface area contributed by atoms with Crippen LogP contribution in [0.15, 0.2) is 0 Å². The van der Waals surface area contributed by atoms with E-state index in [0.717, 1.165) is 13.0 Å². The molecular formula is C19H43NO4Si2. The molecule has 156 valence electrons. The summed E-state index contributed by atoms with van der Waals surface area (Å²) in [5, 5.41) is 24.3. The summed E-state index contributed by atoms with van der Waals surface area (Å²) >= 11 is 0. The van der Waals surface area contributed by atoms with E-state index in [9.17, 15) is 10.2 Å². The predicted molar refractivity (Wildman–Crippen MR) is 114 cm³/mol. The monoisotopic (exact) mass is 405 g/mol. The first kappa shape index (κ1) is 24.3. The molecule has 0 aromatic heterocycles. The SMILES string of the molecule is CC(C)(C)[Si](C)(C)O[C@H]1CN[C@H]([C@H](O)[C@@H](CO)O[Si](C)(C)C(C)(C)C)C1. The van der Waals surface area contributed by atoms with E-state index in [1.165, 1.54) is 0 Å². The van der Waals surface area contributed by atoms with Crippen LogP contribution in [0.2, 0.25) is 36.3 Å². The maximum Gasteiger partial charge on any atom is 0.192 e. The van der Waals surface area contributed by atoms with E-state index < -0.39 is 28.8 Å². The van der Waals surface area contributed by atoms with Gasteiger partial charge in [0.2, 0.25) is 0 Å². The molecule has 0 aliphatic carbocycles. The number of aliphatic hydroxyl groups is 2. The molecule has 1 rings (SSSR count). The lowest BCUT2D eigenvalue weighted by Gasteiger charge is -2.41. The average Bonchev–Trinajstić information content (AvgIpc) is 2.89. The average molecular weight is 406 g/mol. The van der Waals surface area contributed by atoms with Gasteiger partial charge in [0.15, 0.2) is 16.6 Å². The van der Waals surface area contributed by atoms with Crippen molar-refractivity contribution in [2.75, 3.05) is 13.2 Å². The second kappa shape index (κ2) is 8.31. The van der Waals surface area contributed by atoms with E-state index in [0.29, 0.717) is 0 Å². The topological polar surface area (TPSA) is 71.0 Å². The van der Waals surface area contributed by atoms with E-state index in [1.54, 1.807) is 0 Å². The fourth-order valence-corrected chi connectivity index (χ4v) is 5.40. The Morgan fingerprint density at radius 1 is 1.00 bits per heavy atom. The first-order valence-electron chi connectivity index (χ1n) is 9.90. The third kappa shape index (κ3) is 5.86. The minimum Gasteiger partial charge on any atom is -0.413 e. The van der Waals surface area contributed by atoms with Gasteiger partial charge in [0.25, 0.3) is 0 Å². The first-order chi connectivity index (χ1) is 11.5. The molecule has 3 N–H and O–H groups in total. The van der Waals surface area contributed by atoms with Crippen LogP contribution in [0.4, 0.5) is 0 Å². The summed E-state index contributed by atoms with van der Waals surface area (Å²) in [6.45, 7) is 22.6. The van der Waals surface area contributed by atoms with Gasteiger partial charge in [-0.15, -0.1) is 0 Å². The summed E-state index contributed by atoms with van der Waals surface area (Å²) in [5.41, 5.74) is 0. The van der Waals surface area contributed by atoms with Gasteiger partial charge in [0, 0.05) is 12.6 Å². The van der Waals surface area contributed by atoms with Crippen molar-refractivity contribution in [2.24, 2.45) is 0 Å². The highest BCUT2D eigenvalue weighted by atomic mass is 28.4. The Labute approximate surface area is 163 Å². The number of hydrogen-bond donors (Lipinski definition) is 3. The van der Waals surface area contributed by atoms with Gasteiger partial charge in [-0.25, -0.2) is 0 Å². The van der Waals surface area contributed by atoms with E-state index in [2.05, 4.69) is 73.0 Å². The van der Waals surface area contributed by atoms with Crippen molar-refractivity contribution in [1.82, 2.24) is 5.32 Å². The van der Waals surface area contributed by atoms with Crippen LogP contribution in [0, 0.1) is 0 Å². The van der Waals surface area contributed by atoms with E-state index in [-0.39, 0.29) is 28.8 Å². The Morgan fingerprint density at radius 2 is 1.50 bits per heavy atom. The largest absolute Gasteiger partial charge is 0.413 e.